The van der Waals surface area contributed by atoms with E-state index in [0.717, 1.165) is 17.7 Å². The highest BCUT2D eigenvalue weighted by atomic mass is 35.5. The van der Waals surface area contributed by atoms with Crippen LogP contribution in [-0.2, 0) is 17.8 Å². The number of carbonyl (C=O) groups is 1. The van der Waals surface area contributed by atoms with Crippen molar-refractivity contribution in [3.05, 3.63) is 64.7 Å². The third kappa shape index (κ3) is 7.12. The van der Waals surface area contributed by atoms with Crippen molar-refractivity contribution in [1.29, 1.82) is 0 Å². The first-order valence-electron chi connectivity index (χ1n) is 9.08. The van der Waals surface area contributed by atoms with Crippen LogP contribution in [0.4, 0.5) is 0 Å². The number of nitrogens with one attached hydrogen (secondary N) is 2. The van der Waals surface area contributed by atoms with Crippen LogP contribution in [0.3, 0.4) is 0 Å². The summed E-state index contributed by atoms with van der Waals surface area (Å²) in [5.74, 6) is 1.38. The van der Waals surface area contributed by atoms with Crippen LogP contribution in [-0.4, -0.2) is 51.1 Å². The van der Waals surface area contributed by atoms with Crippen molar-refractivity contribution in [3.8, 4) is 5.75 Å². The molecule has 0 saturated heterocycles. The second kappa shape index (κ2) is 11.2. The van der Waals surface area contributed by atoms with Crippen molar-refractivity contribution in [2.75, 3.05) is 34.3 Å². The van der Waals surface area contributed by atoms with E-state index in [1.54, 1.807) is 21.2 Å². The fourth-order valence-corrected chi connectivity index (χ4v) is 2.60. The van der Waals surface area contributed by atoms with E-state index in [0.29, 0.717) is 24.1 Å². The number of guanidine groups is 1. The molecule has 0 heterocycles. The lowest BCUT2D eigenvalue weighted by atomic mass is 10.1. The van der Waals surface area contributed by atoms with E-state index in [-0.39, 0.29) is 12.5 Å². The first-order chi connectivity index (χ1) is 13.5. The van der Waals surface area contributed by atoms with Crippen LogP contribution in [0.15, 0.2) is 53.5 Å². The molecule has 7 heteroatoms. The molecular formula is C21H27ClN4O2. The Morgan fingerprint density at radius 1 is 1.11 bits per heavy atom. The van der Waals surface area contributed by atoms with E-state index in [9.17, 15) is 4.79 Å². The molecule has 2 aromatic rings. The monoisotopic (exact) mass is 402 g/mol. The highest BCUT2D eigenvalue weighted by Gasteiger charge is 2.06. The number of amides is 1. The maximum atomic E-state index is 11.9. The first-order valence-corrected chi connectivity index (χ1v) is 9.46. The van der Waals surface area contributed by atoms with Gasteiger partial charge in [-0.25, -0.2) is 4.99 Å². The van der Waals surface area contributed by atoms with Gasteiger partial charge in [-0.15, -0.1) is 0 Å². The fourth-order valence-electron chi connectivity index (χ4n) is 2.40. The van der Waals surface area contributed by atoms with Crippen LogP contribution in [0, 0.1) is 0 Å². The molecular weight excluding hydrogens is 376 g/mol. The average molecular weight is 403 g/mol. The minimum absolute atomic E-state index is 0.0256. The zero-order chi connectivity index (χ0) is 20.4. The van der Waals surface area contributed by atoms with Gasteiger partial charge in [0.15, 0.2) is 5.96 Å². The van der Waals surface area contributed by atoms with Crippen molar-refractivity contribution in [3.63, 3.8) is 0 Å². The molecule has 0 aliphatic heterocycles. The average Bonchev–Trinajstić information content (AvgIpc) is 2.70. The molecule has 0 aromatic heterocycles. The van der Waals surface area contributed by atoms with Crippen molar-refractivity contribution < 1.29 is 9.53 Å². The van der Waals surface area contributed by atoms with Gasteiger partial charge in [0.05, 0.1) is 20.2 Å². The van der Waals surface area contributed by atoms with E-state index in [1.165, 1.54) is 10.5 Å². The Kier molecular flexibility index (Phi) is 8.62. The number of hydrogen-bond acceptors (Lipinski definition) is 3. The lowest BCUT2D eigenvalue weighted by molar-refractivity contribution is -0.127. The molecule has 1 amide bonds. The maximum Gasteiger partial charge on any atom is 0.241 e. The summed E-state index contributed by atoms with van der Waals surface area (Å²) >= 11 is 6.20. The summed E-state index contributed by atoms with van der Waals surface area (Å²) in [4.78, 5) is 18.0. The number of nitrogens with zero attached hydrogens (tertiary/aromatic N) is 2. The van der Waals surface area contributed by atoms with Crippen LogP contribution in [0.25, 0.3) is 0 Å². The molecule has 28 heavy (non-hydrogen) atoms. The van der Waals surface area contributed by atoms with E-state index in [1.807, 2.05) is 48.5 Å². The van der Waals surface area contributed by atoms with Gasteiger partial charge in [-0.05, 0) is 35.7 Å². The quantitative estimate of drug-likeness (QED) is 0.526. The molecule has 0 bridgehead atoms. The Labute approximate surface area is 171 Å². The number of hydrogen-bond donors (Lipinski definition) is 2. The van der Waals surface area contributed by atoms with Crippen LogP contribution in [0.2, 0.25) is 5.02 Å². The molecule has 2 N–H and O–H groups in total. The van der Waals surface area contributed by atoms with E-state index in [4.69, 9.17) is 16.3 Å². The Morgan fingerprint density at radius 2 is 1.82 bits per heavy atom. The molecule has 2 aromatic carbocycles. The SMILES string of the molecule is COc1ccc(CCNC(=NCc2ccccc2Cl)NCC(=O)N(C)C)cc1. The number of benzene rings is 2. The summed E-state index contributed by atoms with van der Waals surface area (Å²) in [7, 11) is 5.10. The van der Waals surface area contributed by atoms with E-state index < -0.39 is 0 Å². The largest absolute Gasteiger partial charge is 0.497 e. The maximum absolute atomic E-state index is 11.9. The normalized spacial score (nSPS) is 11.1. The second-order valence-electron chi connectivity index (χ2n) is 6.42. The number of halogens is 1. The standard InChI is InChI=1S/C21H27ClN4O2/c1-26(2)20(27)15-25-21(24-14-17-6-4-5-7-19(17)22)23-13-12-16-8-10-18(28-3)11-9-16/h4-11H,12-15H2,1-3H3,(H2,23,24,25). The van der Waals surface area contributed by atoms with Crippen LogP contribution < -0.4 is 15.4 Å². The summed E-state index contributed by atoms with van der Waals surface area (Å²) in [6.07, 6.45) is 0.818. The van der Waals surface area contributed by atoms with Crippen molar-refractivity contribution >= 4 is 23.5 Å². The Hall–Kier alpha value is -2.73. The number of methoxy groups -OCH3 is 1. The molecule has 0 aliphatic rings. The van der Waals surface area contributed by atoms with Gasteiger partial charge in [-0.1, -0.05) is 41.9 Å². The Morgan fingerprint density at radius 3 is 2.46 bits per heavy atom. The van der Waals surface area contributed by atoms with E-state index >= 15 is 0 Å². The lowest BCUT2D eigenvalue weighted by Crippen LogP contribution is -2.43. The molecule has 0 atom stereocenters. The van der Waals surface area contributed by atoms with E-state index in [2.05, 4.69) is 15.6 Å². The van der Waals surface area contributed by atoms with Crippen LogP contribution in [0.1, 0.15) is 11.1 Å². The minimum Gasteiger partial charge on any atom is -0.497 e. The molecule has 0 spiro atoms. The van der Waals surface area contributed by atoms with Crippen molar-refractivity contribution in [2.45, 2.75) is 13.0 Å². The van der Waals surface area contributed by atoms with Crippen molar-refractivity contribution in [1.82, 2.24) is 15.5 Å². The van der Waals surface area contributed by atoms with Gasteiger partial charge in [0, 0.05) is 25.7 Å². The third-order valence-electron chi connectivity index (χ3n) is 4.14. The number of ether oxygens (including phenoxy) is 1. The minimum atomic E-state index is -0.0256. The predicted octanol–water partition coefficient (Wildman–Crippen LogP) is 2.71. The van der Waals surface area contributed by atoms with Crippen molar-refractivity contribution in [2.24, 2.45) is 4.99 Å². The van der Waals surface area contributed by atoms with Gasteiger partial charge in [0.25, 0.3) is 0 Å². The molecule has 0 aliphatic carbocycles. The molecule has 0 fully saturated rings. The zero-order valence-electron chi connectivity index (χ0n) is 16.5. The summed E-state index contributed by atoms with van der Waals surface area (Å²) in [6.45, 7) is 1.27. The van der Waals surface area contributed by atoms with Gasteiger partial charge in [-0.3, -0.25) is 4.79 Å². The number of likely N-dealkylation sites (N-methyl/N-ethyl adjacent to an activating group) is 1. The lowest BCUT2D eigenvalue weighted by Gasteiger charge is -2.15. The Bertz CT molecular complexity index is 791. The molecule has 2 rings (SSSR count). The molecule has 150 valence electrons. The first kappa shape index (κ1) is 21.6. The van der Waals surface area contributed by atoms with Crippen LogP contribution in [0.5, 0.6) is 5.75 Å². The molecule has 0 saturated carbocycles. The highest BCUT2D eigenvalue weighted by molar-refractivity contribution is 6.31. The topological polar surface area (TPSA) is 66.0 Å². The molecule has 6 nitrogen and oxygen atoms in total. The zero-order valence-corrected chi connectivity index (χ0v) is 17.3. The predicted molar refractivity (Wildman–Crippen MR) is 114 cm³/mol. The summed E-state index contributed by atoms with van der Waals surface area (Å²) in [5.41, 5.74) is 2.11. The Balaban J connectivity index is 1.96. The fraction of sp³-hybridized carbons (Fsp3) is 0.333. The summed E-state index contributed by atoms with van der Waals surface area (Å²) < 4.78 is 5.18. The molecule has 0 radical (unpaired) electrons. The molecule has 0 unspecified atom stereocenters. The number of carbonyl (C=O) groups excluding carboxylic acids is 1. The van der Waals surface area contributed by atoms with Gasteiger partial charge < -0.3 is 20.3 Å². The van der Waals surface area contributed by atoms with Crippen LogP contribution >= 0.6 is 11.6 Å². The summed E-state index contributed by atoms with van der Waals surface area (Å²) in [5, 5.41) is 7.03. The summed E-state index contributed by atoms with van der Waals surface area (Å²) in [6, 6.07) is 15.5. The van der Waals surface area contributed by atoms with Gasteiger partial charge >= 0.3 is 0 Å². The number of aliphatic imine (C=N–C) groups is 1. The number of rotatable bonds is 8. The van der Waals surface area contributed by atoms with Gasteiger partial charge in [-0.2, -0.15) is 0 Å². The van der Waals surface area contributed by atoms with Gasteiger partial charge in [0.2, 0.25) is 5.91 Å². The van der Waals surface area contributed by atoms with Gasteiger partial charge in [0.1, 0.15) is 5.75 Å². The third-order valence-corrected chi connectivity index (χ3v) is 4.51. The second-order valence-corrected chi connectivity index (χ2v) is 6.83. The smallest absolute Gasteiger partial charge is 0.241 e. The highest BCUT2D eigenvalue weighted by Crippen LogP contribution is 2.15.